The highest BCUT2D eigenvalue weighted by Crippen LogP contribution is 2.40. The number of nitrogens with zero attached hydrogens (tertiary/aromatic N) is 2. The number of hydrogen-bond donors (Lipinski definition) is 2. The topological polar surface area (TPSA) is 70.7 Å². The molecule has 3 aromatic heterocycles. The largest absolute Gasteiger partial charge is 0.435 e. The molecule has 0 aliphatic heterocycles. The fourth-order valence-corrected chi connectivity index (χ4v) is 5.78. The van der Waals surface area contributed by atoms with Gasteiger partial charge in [0, 0.05) is 47.0 Å². The van der Waals surface area contributed by atoms with E-state index in [1.54, 1.807) is 36.8 Å². The van der Waals surface area contributed by atoms with Crippen LogP contribution in [0.25, 0.3) is 21.5 Å². The summed E-state index contributed by atoms with van der Waals surface area (Å²) in [5.41, 5.74) is 0.963. The smallest absolute Gasteiger partial charge is 0.361 e. The predicted molar refractivity (Wildman–Crippen MR) is 126 cm³/mol. The Morgan fingerprint density at radius 1 is 1.15 bits per heavy atom. The van der Waals surface area contributed by atoms with E-state index in [0.29, 0.717) is 5.56 Å². The highest BCUT2D eigenvalue weighted by molar-refractivity contribution is 7.17. The quantitative estimate of drug-likeness (QED) is 0.347. The number of nitrogens with one attached hydrogen (secondary N) is 2. The van der Waals surface area contributed by atoms with Gasteiger partial charge in [-0.3, -0.25) is 9.78 Å². The van der Waals surface area contributed by atoms with Crippen LogP contribution in [0.2, 0.25) is 0 Å². The van der Waals surface area contributed by atoms with E-state index in [4.69, 9.17) is 0 Å². The number of fused-ring (bicyclic) bond motifs is 1. The van der Waals surface area contributed by atoms with Crippen molar-refractivity contribution >= 4 is 28.1 Å². The number of aromatic nitrogens is 3. The second-order valence-electron chi connectivity index (χ2n) is 8.74. The molecule has 5 nitrogen and oxygen atoms in total. The number of amides is 1. The van der Waals surface area contributed by atoms with E-state index in [0.717, 1.165) is 59.9 Å². The van der Waals surface area contributed by atoms with Crippen molar-refractivity contribution in [2.75, 3.05) is 6.54 Å². The third-order valence-corrected chi connectivity index (χ3v) is 7.68. The number of pyridine rings is 1. The number of carbonyl (C=O) groups is 1. The lowest BCUT2D eigenvalue weighted by Crippen LogP contribution is -2.42. The third kappa shape index (κ3) is 4.32. The molecule has 0 atom stereocenters. The summed E-state index contributed by atoms with van der Waals surface area (Å²) >= 11 is 0.774. The van der Waals surface area contributed by atoms with Gasteiger partial charge in [0.25, 0.3) is 5.91 Å². The zero-order valence-electron chi connectivity index (χ0n) is 18.3. The van der Waals surface area contributed by atoms with Gasteiger partial charge in [0.1, 0.15) is 9.88 Å². The number of benzene rings is 1. The zero-order chi connectivity index (χ0) is 23.8. The number of rotatable bonds is 5. The molecular formula is C25H23F3N4OS. The van der Waals surface area contributed by atoms with Crippen LogP contribution in [0.1, 0.15) is 53.0 Å². The van der Waals surface area contributed by atoms with Crippen LogP contribution in [0.3, 0.4) is 0 Å². The highest BCUT2D eigenvalue weighted by atomic mass is 32.1. The van der Waals surface area contributed by atoms with Gasteiger partial charge < -0.3 is 10.3 Å². The van der Waals surface area contributed by atoms with Crippen molar-refractivity contribution in [2.45, 2.75) is 43.7 Å². The van der Waals surface area contributed by atoms with E-state index in [2.05, 4.69) is 20.3 Å². The lowest BCUT2D eigenvalue weighted by Gasteiger charge is -2.37. The Bertz CT molecular complexity index is 1310. The van der Waals surface area contributed by atoms with Crippen LogP contribution in [0, 0.1) is 0 Å². The van der Waals surface area contributed by atoms with Crippen molar-refractivity contribution in [3.05, 3.63) is 71.1 Å². The number of halogens is 3. The van der Waals surface area contributed by atoms with Crippen LogP contribution in [0.5, 0.6) is 0 Å². The number of carbonyl (C=O) groups excluding carboxylic acids is 1. The molecule has 0 spiro atoms. The summed E-state index contributed by atoms with van der Waals surface area (Å²) in [5.74, 6) is -0.743. The molecule has 34 heavy (non-hydrogen) atoms. The van der Waals surface area contributed by atoms with E-state index in [-0.39, 0.29) is 17.0 Å². The Morgan fingerprint density at radius 3 is 2.71 bits per heavy atom. The van der Waals surface area contributed by atoms with Crippen molar-refractivity contribution in [3.8, 4) is 10.6 Å². The summed E-state index contributed by atoms with van der Waals surface area (Å²) < 4.78 is 41.5. The molecule has 0 bridgehead atoms. The minimum Gasteiger partial charge on any atom is -0.361 e. The van der Waals surface area contributed by atoms with E-state index in [1.165, 1.54) is 0 Å². The van der Waals surface area contributed by atoms with Crippen LogP contribution in [-0.2, 0) is 11.6 Å². The maximum absolute atomic E-state index is 13.8. The van der Waals surface area contributed by atoms with Gasteiger partial charge in [0.2, 0.25) is 0 Å². The summed E-state index contributed by atoms with van der Waals surface area (Å²) in [5, 5.41) is 3.84. The van der Waals surface area contributed by atoms with Crippen molar-refractivity contribution in [2.24, 2.45) is 0 Å². The first-order valence-electron chi connectivity index (χ1n) is 11.2. The Labute approximate surface area is 198 Å². The SMILES string of the molecule is O=C(NCC1(c2cccnc2)CCCCC1)c1sc(-c2ccc3[nH]ccc3c2)nc1C(F)(F)F. The lowest BCUT2D eigenvalue weighted by atomic mass is 9.70. The van der Waals surface area contributed by atoms with Gasteiger partial charge in [-0.1, -0.05) is 25.3 Å². The first-order valence-corrected chi connectivity index (χ1v) is 12.0. The number of H-pyrrole nitrogens is 1. The average Bonchev–Trinajstić information content (AvgIpc) is 3.51. The third-order valence-electron chi connectivity index (χ3n) is 6.57. The Hall–Kier alpha value is -3.20. The number of aromatic amines is 1. The van der Waals surface area contributed by atoms with E-state index < -0.39 is 22.7 Å². The van der Waals surface area contributed by atoms with Crippen molar-refractivity contribution in [1.82, 2.24) is 20.3 Å². The average molecular weight is 485 g/mol. The lowest BCUT2D eigenvalue weighted by molar-refractivity contribution is -0.141. The molecule has 0 radical (unpaired) electrons. The van der Waals surface area contributed by atoms with Gasteiger partial charge >= 0.3 is 6.18 Å². The van der Waals surface area contributed by atoms with Crippen LogP contribution in [0.4, 0.5) is 13.2 Å². The molecule has 1 saturated carbocycles. The first kappa shape index (κ1) is 22.6. The standard InChI is InChI=1S/C25H23F3N4OS/c26-25(27,28)21-20(34-23(32-21)17-6-7-19-16(13-17)8-12-30-19)22(33)31-15-24(9-2-1-3-10-24)18-5-4-11-29-14-18/h4-8,11-14,30H,1-3,9-10,15H2,(H,31,33). The van der Waals surface area contributed by atoms with E-state index in [9.17, 15) is 18.0 Å². The van der Waals surface area contributed by atoms with Gasteiger partial charge in [-0.25, -0.2) is 4.98 Å². The number of thiazole rings is 1. The first-order chi connectivity index (χ1) is 16.4. The molecule has 9 heteroatoms. The van der Waals surface area contributed by atoms with Crippen LogP contribution in [-0.4, -0.2) is 27.4 Å². The summed E-state index contributed by atoms with van der Waals surface area (Å²) in [4.78, 5) is 23.8. The minimum absolute atomic E-state index is 0.167. The maximum atomic E-state index is 13.8. The fourth-order valence-electron chi connectivity index (χ4n) is 4.78. The summed E-state index contributed by atoms with van der Waals surface area (Å²) in [6, 6.07) is 10.9. The maximum Gasteiger partial charge on any atom is 0.435 e. The highest BCUT2D eigenvalue weighted by Gasteiger charge is 2.41. The fraction of sp³-hybridized carbons (Fsp3) is 0.320. The second-order valence-corrected chi connectivity index (χ2v) is 9.74. The minimum atomic E-state index is -4.73. The Kier molecular flexibility index (Phi) is 5.89. The van der Waals surface area contributed by atoms with Crippen molar-refractivity contribution in [3.63, 3.8) is 0 Å². The molecule has 1 aliphatic rings. The molecule has 0 saturated heterocycles. The van der Waals surface area contributed by atoms with Crippen LogP contribution >= 0.6 is 11.3 Å². The molecule has 4 aromatic rings. The Balaban J connectivity index is 1.44. The molecule has 1 aliphatic carbocycles. The van der Waals surface area contributed by atoms with Gasteiger partial charge in [-0.05, 0) is 48.7 Å². The summed E-state index contributed by atoms with van der Waals surface area (Å²) in [7, 11) is 0. The number of alkyl halides is 3. The second kappa shape index (κ2) is 8.87. The molecule has 5 rings (SSSR count). The molecule has 0 unspecified atom stereocenters. The van der Waals surface area contributed by atoms with Gasteiger partial charge in [0.05, 0.1) is 0 Å². The Morgan fingerprint density at radius 2 is 1.97 bits per heavy atom. The molecule has 3 heterocycles. The van der Waals surface area contributed by atoms with Gasteiger partial charge in [0.15, 0.2) is 5.69 Å². The monoisotopic (exact) mass is 484 g/mol. The number of hydrogen-bond acceptors (Lipinski definition) is 4. The van der Waals surface area contributed by atoms with E-state index >= 15 is 0 Å². The summed E-state index contributed by atoms with van der Waals surface area (Å²) in [6.45, 7) is 0.261. The van der Waals surface area contributed by atoms with Gasteiger partial charge in [-0.15, -0.1) is 11.3 Å². The molecule has 176 valence electrons. The van der Waals surface area contributed by atoms with Crippen molar-refractivity contribution < 1.29 is 18.0 Å². The molecule has 1 aromatic carbocycles. The zero-order valence-corrected chi connectivity index (χ0v) is 19.1. The molecular weight excluding hydrogens is 461 g/mol. The van der Waals surface area contributed by atoms with Crippen LogP contribution < -0.4 is 5.32 Å². The normalized spacial score (nSPS) is 16.0. The predicted octanol–water partition coefficient (Wildman–Crippen LogP) is 6.34. The van der Waals surface area contributed by atoms with Crippen LogP contribution in [0.15, 0.2) is 55.0 Å². The van der Waals surface area contributed by atoms with Crippen molar-refractivity contribution in [1.29, 1.82) is 0 Å². The molecule has 2 N–H and O–H groups in total. The summed E-state index contributed by atoms with van der Waals surface area (Å²) in [6.07, 6.45) is 5.35. The molecule has 1 amide bonds. The molecule has 1 fully saturated rings. The van der Waals surface area contributed by atoms with E-state index in [1.807, 2.05) is 18.2 Å². The van der Waals surface area contributed by atoms with Gasteiger partial charge in [-0.2, -0.15) is 13.2 Å².